The number of hydrogen-bond donors (Lipinski definition) is 0. The monoisotopic (exact) mass is 363 g/mol. The van der Waals surface area contributed by atoms with Crippen molar-refractivity contribution in [3.8, 4) is 5.75 Å². The highest BCUT2D eigenvalue weighted by Crippen LogP contribution is 2.27. The van der Waals surface area contributed by atoms with E-state index in [1.807, 2.05) is 26.0 Å². The average molecular weight is 363 g/mol. The van der Waals surface area contributed by atoms with E-state index in [0.29, 0.717) is 35.4 Å². The number of carbonyl (C=O) groups is 2. The summed E-state index contributed by atoms with van der Waals surface area (Å²) in [5.41, 5.74) is 1.97. The Balaban J connectivity index is 2.89. The van der Waals surface area contributed by atoms with Crippen LogP contribution < -0.4 is 4.74 Å². The van der Waals surface area contributed by atoms with Crippen molar-refractivity contribution in [1.82, 2.24) is 4.98 Å². The van der Waals surface area contributed by atoms with Gasteiger partial charge in [-0.1, -0.05) is 19.1 Å². The molecule has 0 aliphatic carbocycles. The van der Waals surface area contributed by atoms with Gasteiger partial charge in [0.05, 0.1) is 12.3 Å². The Hall–Kier alpha value is -2.21. The first-order valence-corrected chi connectivity index (χ1v) is 8.97. The van der Waals surface area contributed by atoms with E-state index >= 15 is 0 Å². The molecule has 0 amide bonds. The number of carbonyl (C=O) groups excluding carboxylic acids is 2. The second kappa shape index (κ2) is 12.2. The Kier molecular flexibility index (Phi) is 10.2. The van der Waals surface area contributed by atoms with Gasteiger partial charge in [-0.3, -0.25) is 14.6 Å². The topological polar surface area (TPSA) is 74.7 Å². The summed E-state index contributed by atoms with van der Waals surface area (Å²) in [5.74, 6) is -0.178. The lowest BCUT2D eigenvalue weighted by molar-refractivity contribution is -0.145. The van der Waals surface area contributed by atoms with Crippen molar-refractivity contribution < 1.29 is 23.8 Å². The van der Waals surface area contributed by atoms with Gasteiger partial charge in [0, 0.05) is 37.3 Å². The van der Waals surface area contributed by atoms with Crippen LogP contribution in [0.3, 0.4) is 0 Å². The zero-order valence-electron chi connectivity index (χ0n) is 16.2. The Morgan fingerprint density at radius 3 is 2.62 bits per heavy atom. The second-order valence-electron chi connectivity index (χ2n) is 5.96. The van der Waals surface area contributed by atoms with Crippen molar-refractivity contribution in [2.45, 2.75) is 66.1 Å². The highest BCUT2D eigenvalue weighted by Gasteiger charge is 2.18. The van der Waals surface area contributed by atoms with Crippen molar-refractivity contribution >= 4 is 11.9 Å². The van der Waals surface area contributed by atoms with Gasteiger partial charge in [0.1, 0.15) is 6.61 Å². The van der Waals surface area contributed by atoms with Crippen LogP contribution in [0.5, 0.6) is 5.75 Å². The predicted octanol–water partition coefficient (Wildman–Crippen LogP) is 4.03. The Labute approximate surface area is 155 Å². The van der Waals surface area contributed by atoms with E-state index in [9.17, 15) is 9.59 Å². The minimum absolute atomic E-state index is 0.0800. The van der Waals surface area contributed by atoms with E-state index in [1.165, 1.54) is 0 Å². The maximum absolute atomic E-state index is 12.1. The van der Waals surface area contributed by atoms with Crippen LogP contribution in [0.2, 0.25) is 0 Å². The van der Waals surface area contributed by atoms with E-state index in [0.717, 1.165) is 19.3 Å². The molecule has 0 fully saturated rings. The first-order chi connectivity index (χ1) is 12.5. The highest BCUT2D eigenvalue weighted by atomic mass is 16.5. The summed E-state index contributed by atoms with van der Waals surface area (Å²) in [5, 5.41) is 0. The molecule has 1 heterocycles. The Morgan fingerprint density at radius 2 is 1.96 bits per heavy atom. The minimum Gasteiger partial charge on any atom is -0.461 e. The van der Waals surface area contributed by atoms with Crippen LogP contribution in [-0.4, -0.2) is 24.0 Å². The van der Waals surface area contributed by atoms with E-state index in [4.69, 9.17) is 14.2 Å². The van der Waals surface area contributed by atoms with Crippen LogP contribution in [0.1, 0.15) is 62.8 Å². The number of hydrogen-bond acceptors (Lipinski definition) is 6. The molecule has 0 N–H and O–H groups in total. The lowest BCUT2D eigenvalue weighted by Gasteiger charge is -2.16. The van der Waals surface area contributed by atoms with Crippen molar-refractivity contribution in [2.24, 2.45) is 0 Å². The van der Waals surface area contributed by atoms with E-state index < -0.39 is 0 Å². The van der Waals surface area contributed by atoms with Gasteiger partial charge in [-0.05, 0) is 33.1 Å². The zero-order chi connectivity index (χ0) is 19.4. The average Bonchev–Trinajstić information content (AvgIpc) is 2.61. The molecule has 144 valence electrons. The van der Waals surface area contributed by atoms with Gasteiger partial charge in [-0.15, -0.1) is 0 Å². The maximum Gasteiger partial charge on any atom is 0.311 e. The third kappa shape index (κ3) is 7.35. The summed E-state index contributed by atoms with van der Waals surface area (Å²) in [4.78, 5) is 28.0. The third-order valence-electron chi connectivity index (χ3n) is 3.74. The molecule has 0 bridgehead atoms. The first kappa shape index (κ1) is 21.8. The van der Waals surface area contributed by atoms with Gasteiger partial charge >= 0.3 is 11.9 Å². The molecular weight excluding hydrogens is 334 g/mol. The molecule has 0 spiro atoms. The Morgan fingerprint density at radius 1 is 1.19 bits per heavy atom. The third-order valence-corrected chi connectivity index (χ3v) is 3.74. The van der Waals surface area contributed by atoms with Crippen LogP contribution in [-0.2, 0) is 32.3 Å². The molecule has 1 aromatic heterocycles. The van der Waals surface area contributed by atoms with Crippen LogP contribution in [0.15, 0.2) is 18.3 Å². The molecule has 0 saturated carbocycles. The first-order valence-electron chi connectivity index (χ1n) is 8.97. The lowest BCUT2D eigenvalue weighted by Crippen LogP contribution is -2.14. The fourth-order valence-electron chi connectivity index (χ4n) is 2.37. The summed E-state index contributed by atoms with van der Waals surface area (Å²) >= 11 is 0. The lowest BCUT2D eigenvalue weighted by atomic mass is 10.1. The SMILES string of the molecule is C/C=C\CCCC(=O)Oc1c(C)ncc(COC(=O)CCC)c1COC. The molecule has 0 unspecified atom stereocenters. The summed E-state index contributed by atoms with van der Waals surface area (Å²) < 4.78 is 16.1. The molecule has 6 nitrogen and oxygen atoms in total. The standard InChI is InChI=1S/C20H29NO5/c1-5-7-8-9-11-19(23)26-20-15(3)21-12-16(17(20)14-24-4)13-25-18(22)10-6-2/h5,7,12H,6,8-11,13-14H2,1-4H3/b7-5-. The molecule has 0 aliphatic rings. The number of unbranched alkanes of at least 4 members (excludes halogenated alkanes) is 1. The van der Waals surface area contributed by atoms with Crippen molar-refractivity contribution in [1.29, 1.82) is 0 Å². The van der Waals surface area contributed by atoms with Gasteiger partial charge in [-0.25, -0.2) is 0 Å². The summed E-state index contributed by atoms with van der Waals surface area (Å²) in [6.45, 7) is 5.96. The van der Waals surface area contributed by atoms with Crippen LogP contribution in [0.4, 0.5) is 0 Å². The largest absolute Gasteiger partial charge is 0.461 e. The number of methoxy groups -OCH3 is 1. The highest BCUT2D eigenvalue weighted by molar-refractivity contribution is 5.73. The number of aryl methyl sites for hydroxylation is 1. The van der Waals surface area contributed by atoms with Gasteiger partial charge in [0.15, 0.2) is 5.75 Å². The smallest absolute Gasteiger partial charge is 0.311 e. The normalized spacial score (nSPS) is 10.9. The molecule has 6 heteroatoms. The number of allylic oxidation sites excluding steroid dienone is 2. The van der Waals surface area contributed by atoms with Gasteiger partial charge < -0.3 is 14.2 Å². The number of aromatic nitrogens is 1. The molecule has 1 aromatic rings. The van der Waals surface area contributed by atoms with Gasteiger partial charge in [0.25, 0.3) is 0 Å². The molecule has 0 saturated heterocycles. The van der Waals surface area contributed by atoms with E-state index in [1.54, 1.807) is 20.2 Å². The Bertz CT molecular complexity index is 625. The second-order valence-corrected chi connectivity index (χ2v) is 5.96. The molecule has 0 aromatic carbocycles. The number of esters is 2. The van der Waals surface area contributed by atoms with Gasteiger partial charge in [-0.2, -0.15) is 0 Å². The number of nitrogens with zero attached hydrogens (tertiary/aromatic N) is 1. The molecule has 0 aliphatic heterocycles. The van der Waals surface area contributed by atoms with E-state index in [-0.39, 0.29) is 25.2 Å². The van der Waals surface area contributed by atoms with Gasteiger partial charge in [0.2, 0.25) is 0 Å². The molecule has 0 radical (unpaired) electrons. The summed E-state index contributed by atoms with van der Waals surface area (Å²) in [6.07, 6.45) is 8.59. The fraction of sp³-hybridized carbons (Fsp3) is 0.550. The number of ether oxygens (including phenoxy) is 3. The predicted molar refractivity (Wildman–Crippen MR) is 98.7 cm³/mol. The van der Waals surface area contributed by atoms with Crippen molar-refractivity contribution in [3.05, 3.63) is 35.2 Å². The summed E-state index contributed by atoms with van der Waals surface area (Å²) in [6, 6.07) is 0. The van der Waals surface area contributed by atoms with Crippen LogP contribution >= 0.6 is 0 Å². The van der Waals surface area contributed by atoms with Crippen LogP contribution in [0.25, 0.3) is 0 Å². The zero-order valence-corrected chi connectivity index (χ0v) is 16.2. The van der Waals surface area contributed by atoms with Crippen molar-refractivity contribution in [2.75, 3.05) is 7.11 Å². The maximum atomic E-state index is 12.1. The van der Waals surface area contributed by atoms with Crippen LogP contribution in [0, 0.1) is 6.92 Å². The molecule has 0 atom stereocenters. The van der Waals surface area contributed by atoms with Crippen molar-refractivity contribution in [3.63, 3.8) is 0 Å². The molecular formula is C20H29NO5. The number of pyridine rings is 1. The molecule has 26 heavy (non-hydrogen) atoms. The number of rotatable bonds is 11. The fourth-order valence-corrected chi connectivity index (χ4v) is 2.37. The van der Waals surface area contributed by atoms with E-state index in [2.05, 4.69) is 4.98 Å². The quantitative estimate of drug-likeness (QED) is 0.336. The summed E-state index contributed by atoms with van der Waals surface area (Å²) in [7, 11) is 1.56. The molecule has 1 rings (SSSR count). The minimum atomic E-state index is -0.308.